The lowest BCUT2D eigenvalue weighted by atomic mass is 10.2. The second kappa shape index (κ2) is 5.34. The van der Waals surface area contributed by atoms with Gasteiger partial charge in [0.2, 0.25) is 5.95 Å². The maximum Gasteiger partial charge on any atom is 0.258 e. The number of carbonyl (C=O) groups excluding carboxylic acids is 1. The third-order valence-electron chi connectivity index (χ3n) is 2.79. The van der Waals surface area contributed by atoms with Gasteiger partial charge in [-0.05, 0) is 24.6 Å². The molecule has 1 aromatic carbocycles. The molecule has 0 radical (unpaired) electrons. The molecule has 0 fully saturated rings. The van der Waals surface area contributed by atoms with Crippen molar-refractivity contribution in [1.29, 1.82) is 0 Å². The van der Waals surface area contributed by atoms with Crippen molar-refractivity contribution < 1.29 is 4.79 Å². The van der Waals surface area contributed by atoms with Gasteiger partial charge in [-0.15, -0.1) is 10.2 Å². The molecule has 0 saturated heterocycles. The lowest BCUT2D eigenvalue weighted by Crippen LogP contribution is -2.17. The van der Waals surface area contributed by atoms with Gasteiger partial charge >= 0.3 is 0 Å². The number of anilines is 1. The number of nitrogens with one attached hydrogen (secondary N) is 1. The summed E-state index contributed by atoms with van der Waals surface area (Å²) in [7, 11) is 0. The number of thioether (sulfide) groups is 1. The number of aromatic nitrogens is 3. The van der Waals surface area contributed by atoms with Crippen molar-refractivity contribution in [2.75, 3.05) is 11.1 Å². The smallest absolute Gasteiger partial charge is 0.258 e. The lowest BCUT2D eigenvalue weighted by Gasteiger charge is -2.14. The predicted molar refractivity (Wildman–Crippen MR) is 77.5 cm³/mol. The van der Waals surface area contributed by atoms with Gasteiger partial charge in [-0.3, -0.25) is 14.7 Å². The number of fused-ring (bicyclic) bond motifs is 1. The summed E-state index contributed by atoms with van der Waals surface area (Å²) in [5, 5.41) is 11.8. The zero-order chi connectivity index (χ0) is 13.2. The molecule has 1 N–H and O–H groups in total. The summed E-state index contributed by atoms with van der Waals surface area (Å²) in [5.41, 5.74) is 0.593. The molecule has 98 valence electrons. The Morgan fingerprint density at radius 1 is 1.42 bits per heavy atom. The molecule has 3 rings (SSSR count). The monoisotopic (exact) mass is 338 g/mol. The van der Waals surface area contributed by atoms with Crippen molar-refractivity contribution in [1.82, 2.24) is 14.8 Å². The SMILES string of the molecule is O=C(Nc1nnc2n1CCCS2)c1cccc(Br)c1. The summed E-state index contributed by atoms with van der Waals surface area (Å²) in [4.78, 5) is 12.1. The number of nitrogens with zero attached hydrogens (tertiary/aromatic N) is 3. The van der Waals surface area contributed by atoms with Crippen LogP contribution in [0.2, 0.25) is 0 Å². The van der Waals surface area contributed by atoms with Crippen LogP contribution in [0.3, 0.4) is 0 Å². The number of benzene rings is 1. The minimum atomic E-state index is -0.174. The molecule has 19 heavy (non-hydrogen) atoms. The number of rotatable bonds is 2. The van der Waals surface area contributed by atoms with Gasteiger partial charge in [0.15, 0.2) is 5.16 Å². The fourth-order valence-corrected chi connectivity index (χ4v) is 3.17. The summed E-state index contributed by atoms with van der Waals surface area (Å²) in [6.45, 7) is 0.851. The van der Waals surface area contributed by atoms with Gasteiger partial charge in [0.05, 0.1) is 0 Å². The number of hydrogen-bond donors (Lipinski definition) is 1. The molecule has 0 unspecified atom stereocenters. The Morgan fingerprint density at radius 3 is 3.16 bits per heavy atom. The first-order valence-corrected chi connectivity index (χ1v) is 7.65. The van der Waals surface area contributed by atoms with Crippen molar-refractivity contribution in [2.45, 2.75) is 18.1 Å². The van der Waals surface area contributed by atoms with Crippen LogP contribution in [0.4, 0.5) is 5.95 Å². The van der Waals surface area contributed by atoms with Gasteiger partial charge in [0.25, 0.3) is 5.91 Å². The third-order valence-corrected chi connectivity index (χ3v) is 4.33. The predicted octanol–water partition coefficient (Wildman–Crippen LogP) is 2.79. The maximum absolute atomic E-state index is 12.1. The molecular formula is C12H11BrN4OS. The van der Waals surface area contributed by atoms with E-state index in [2.05, 4.69) is 31.4 Å². The van der Waals surface area contributed by atoms with Crippen molar-refractivity contribution in [3.8, 4) is 0 Å². The van der Waals surface area contributed by atoms with Crippen LogP contribution in [0.15, 0.2) is 33.9 Å². The van der Waals surface area contributed by atoms with Crippen LogP contribution in [0, 0.1) is 0 Å². The topological polar surface area (TPSA) is 59.8 Å². The molecule has 0 saturated carbocycles. The molecule has 1 amide bonds. The molecule has 1 aromatic heterocycles. The van der Waals surface area contributed by atoms with E-state index in [1.165, 1.54) is 0 Å². The Morgan fingerprint density at radius 2 is 2.32 bits per heavy atom. The van der Waals surface area contributed by atoms with Crippen LogP contribution in [0.1, 0.15) is 16.8 Å². The van der Waals surface area contributed by atoms with E-state index in [9.17, 15) is 4.79 Å². The Labute approximate surface area is 122 Å². The second-order valence-electron chi connectivity index (χ2n) is 4.12. The van der Waals surface area contributed by atoms with Crippen LogP contribution in [-0.4, -0.2) is 26.4 Å². The third kappa shape index (κ3) is 2.66. The van der Waals surface area contributed by atoms with E-state index in [1.54, 1.807) is 23.9 Å². The van der Waals surface area contributed by atoms with E-state index in [0.29, 0.717) is 11.5 Å². The zero-order valence-electron chi connectivity index (χ0n) is 9.97. The first-order valence-electron chi connectivity index (χ1n) is 5.87. The van der Waals surface area contributed by atoms with Crippen molar-refractivity contribution in [3.05, 3.63) is 34.3 Å². The average Bonchev–Trinajstić information content (AvgIpc) is 2.82. The fourth-order valence-electron chi connectivity index (χ4n) is 1.88. The summed E-state index contributed by atoms with van der Waals surface area (Å²) in [5.74, 6) is 1.40. The van der Waals surface area contributed by atoms with Crippen LogP contribution in [-0.2, 0) is 6.54 Å². The second-order valence-corrected chi connectivity index (χ2v) is 6.10. The summed E-state index contributed by atoms with van der Waals surface area (Å²) in [6, 6.07) is 7.25. The highest BCUT2D eigenvalue weighted by molar-refractivity contribution is 9.10. The molecule has 5 nitrogen and oxygen atoms in total. The molecule has 0 atom stereocenters. The Kier molecular flexibility index (Phi) is 3.56. The molecule has 7 heteroatoms. The number of carbonyl (C=O) groups is 1. The number of amides is 1. The van der Waals surface area contributed by atoms with E-state index >= 15 is 0 Å². The van der Waals surface area contributed by atoms with E-state index in [0.717, 1.165) is 28.3 Å². The fraction of sp³-hybridized carbons (Fsp3) is 0.250. The summed E-state index contributed by atoms with van der Waals surface area (Å²) >= 11 is 5.02. The van der Waals surface area contributed by atoms with E-state index in [1.807, 2.05) is 16.7 Å². The molecule has 0 aliphatic carbocycles. The highest BCUT2D eigenvalue weighted by Crippen LogP contribution is 2.25. The lowest BCUT2D eigenvalue weighted by molar-refractivity contribution is 0.102. The van der Waals surface area contributed by atoms with Crippen molar-refractivity contribution in [3.63, 3.8) is 0 Å². The maximum atomic E-state index is 12.1. The zero-order valence-corrected chi connectivity index (χ0v) is 12.4. The first kappa shape index (κ1) is 12.7. The van der Waals surface area contributed by atoms with E-state index in [4.69, 9.17) is 0 Å². The summed E-state index contributed by atoms with van der Waals surface area (Å²) in [6.07, 6.45) is 1.06. The molecular weight excluding hydrogens is 328 g/mol. The molecule has 0 spiro atoms. The molecule has 1 aliphatic heterocycles. The van der Waals surface area contributed by atoms with Crippen LogP contribution < -0.4 is 5.32 Å². The summed E-state index contributed by atoms with van der Waals surface area (Å²) < 4.78 is 2.82. The van der Waals surface area contributed by atoms with E-state index < -0.39 is 0 Å². The Hall–Kier alpha value is -1.34. The van der Waals surface area contributed by atoms with Gasteiger partial charge in [0.1, 0.15) is 0 Å². The minimum absolute atomic E-state index is 0.174. The minimum Gasteiger partial charge on any atom is -0.290 e. The highest BCUT2D eigenvalue weighted by Gasteiger charge is 2.18. The molecule has 2 aromatic rings. The largest absolute Gasteiger partial charge is 0.290 e. The number of halogens is 1. The van der Waals surface area contributed by atoms with Crippen LogP contribution >= 0.6 is 27.7 Å². The van der Waals surface area contributed by atoms with Crippen LogP contribution in [0.25, 0.3) is 0 Å². The van der Waals surface area contributed by atoms with Gasteiger partial charge in [-0.1, -0.05) is 33.8 Å². The van der Waals surface area contributed by atoms with Gasteiger partial charge in [0, 0.05) is 22.3 Å². The Bertz CT molecular complexity index is 628. The molecule has 1 aliphatic rings. The van der Waals surface area contributed by atoms with Crippen molar-refractivity contribution >= 4 is 39.5 Å². The van der Waals surface area contributed by atoms with Gasteiger partial charge in [-0.2, -0.15) is 0 Å². The average molecular weight is 339 g/mol. The molecule has 0 bridgehead atoms. The molecule has 2 heterocycles. The number of hydrogen-bond acceptors (Lipinski definition) is 4. The van der Waals surface area contributed by atoms with E-state index in [-0.39, 0.29) is 5.91 Å². The van der Waals surface area contributed by atoms with Crippen LogP contribution in [0.5, 0.6) is 0 Å². The first-order chi connectivity index (χ1) is 9.24. The quantitative estimate of drug-likeness (QED) is 0.914. The van der Waals surface area contributed by atoms with Gasteiger partial charge < -0.3 is 0 Å². The Balaban J connectivity index is 1.82. The standard InChI is InChI=1S/C12H11BrN4OS/c13-9-4-1-3-8(7-9)10(18)14-11-15-16-12-17(11)5-2-6-19-12/h1,3-4,7H,2,5-6H2,(H,14,15,18). The normalized spacial score (nSPS) is 13.9. The van der Waals surface area contributed by atoms with Gasteiger partial charge in [-0.25, -0.2) is 0 Å². The highest BCUT2D eigenvalue weighted by atomic mass is 79.9. The van der Waals surface area contributed by atoms with Crippen molar-refractivity contribution in [2.24, 2.45) is 0 Å².